The van der Waals surface area contributed by atoms with E-state index in [1.807, 2.05) is 31.2 Å². The number of aryl methyl sites for hydroxylation is 1. The summed E-state index contributed by atoms with van der Waals surface area (Å²) in [5, 5.41) is 11.9. The summed E-state index contributed by atoms with van der Waals surface area (Å²) in [6, 6.07) is 18.2. The van der Waals surface area contributed by atoms with Crippen molar-refractivity contribution in [1.29, 1.82) is 0 Å². The van der Waals surface area contributed by atoms with Crippen LogP contribution in [0.4, 0.5) is 4.39 Å². The van der Waals surface area contributed by atoms with E-state index in [-0.39, 0.29) is 28.2 Å². The topological polar surface area (TPSA) is 72.4 Å². The highest BCUT2D eigenvalue weighted by atomic mass is 35.5. The molecule has 5 aromatic rings. The van der Waals surface area contributed by atoms with Crippen molar-refractivity contribution in [3.63, 3.8) is 0 Å². The van der Waals surface area contributed by atoms with Crippen LogP contribution in [0.25, 0.3) is 21.9 Å². The van der Waals surface area contributed by atoms with Crippen LogP contribution in [0.1, 0.15) is 18.1 Å². The normalized spacial score (nSPS) is 11.4. The van der Waals surface area contributed by atoms with E-state index in [4.69, 9.17) is 16.0 Å². The second-order valence-electron chi connectivity index (χ2n) is 8.05. The molecular formula is C27H19ClFNO4S. The van der Waals surface area contributed by atoms with Gasteiger partial charge in [0.25, 0.3) is 5.56 Å². The van der Waals surface area contributed by atoms with Crippen LogP contribution < -0.4 is 11.2 Å². The number of aromatic nitrogens is 1. The Morgan fingerprint density at radius 1 is 1.00 bits per heavy atom. The monoisotopic (exact) mass is 507 g/mol. The van der Waals surface area contributed by atoms with E-state index in [1.54, 1.807) is 30.3 Å². The fourth-order valence-electron chi connectivity index (χ4n) is 3.99. The fourth-order valence-corrected chi connectivity index (χ4v) is 4.99. The number of pyridine rings is 1. The molecule has 5 rings (SSSR count). The summed E-state index contributed by atoms with van der Waals surface area (Å²) in [5.41, 5.74) is 0.937. The molecule has 35 heavy (non-hydrogen) atoms. The summed E-state index contributed by atoms with van der Waals surface area (Å²) in [4.78, 5) is 27.2. The van der Waals surface area contributed by atoms with Gasteiger partial charge in [-0.3, -0.25) is 4.79 Å². The first-order valence-corrected chi connectivity index (χ1v) is 12.1. The van der Waals surface area contributed by atoms with Crippen molar-refractivity contribution in [3.8, 4) is 5.75 Å². The van der Waals surface area contributed by atoms with Crippen LogP contribution in [0, 0.1) is 5.82 Å². The van der Waals surface area contributed by atoms with Crippen LogP contribution in [0.5, 0.6) is 5.75 Å². The molecule has 0 aliphatic carbocycles. The number of halogens is 2. The second-order valence-corrected chi connectivity index (χ2v) is 9.57. The van der Waals surface area contributed by atoms with Gasteiger partial charge in [-0.05, 0) is 60.0 Å². The molecule has 0 atom stereocenters. The average Bonchev–Trinajstić information content (AvgIpc) is 2.85. The van der Waals surface area contributed by atoms with Crippen LogP contribution in [0.15, 0.2) is 90.5 Å². The van der Waals surface area contributed by atoms with Crippen molar-refractivity contribution in [2.24, 2.45) is 0 Å². The van der Waals surface area contributed by atoms with Gasteiger partial charge in [-0.2, -0.15) is 0 Å². The van der Waals surface area contributed by atoms with Gasteiger partial charge in [0.1, 0.15) is 16.1 Å². The van der Waals surface area contributed by atoms with Crippen LogP contribution in [0.2, 0.25) is 5.02 Å². The summed E-state index contributed by atoms with van der Waals surface area (Å²) in [6.07, 6.45) is 0.874. The van der Waals surface area contributed by atoms with Crippen molar-refractivity contribution in [1.82, 2.24) is 4.57 Å². The molecule has 0 aliphatic rings. The van der Waals surface area contributed by atoms with Crippen molar-refractivity contribution in [2.75, 3.05) is 0 Å². The summed E-state index contributed by atoms with van der Waals surface area (Å²) >= 11 is 7.24. The summed E-state index contributed by atoms with van der Waals surface area (Å²) in [7, 11) is 0. The highest BCUT2D eigenvalue weighted by Crippen LogP contribution is 2.37. The number of hydrogen-bond donors (Lipinski definition) is 1. The average molecular weight is 508 g/mol. The molecular weight excluding hydrogens is 489 g/mol. The second kappa shape index (κ2) is 9.24. The van der Waals surface area contributed by atoms with Gasteiger partial charge in [0, 0.05) is 15.3 Å². The Morgan fingerprint density at radius 3 is 2.37 bits per heavy atom. The van der Waals surface area contributed by atoms with Crippen LogP contribution in [-0.2, 0) is 13.0 Å². The Kier molecular flexibility index (Phi) is 6.13. The molecule has 1 N–H and O–H groups in total. The number of aromatic hydroxyl groups is 1. The van der Waals surface area contributed by atoms with Gasteiger partial charge < -0.3 is 14.1 Å². The zero-order valence-corrected chi connectivity index (χ0v) is 20.1. The highest BCUT2D eigenvalue weighted by molar-refractivity contribution is 7.99. The van der Waals surface area contributed by atoms with E-state index in [0.717, 1.165) is 28.6 Å². The van der Waals surface area contributed by atoms with Gasteiger partial charge in [-0.25, -0.2) is 9.18 Å². The number of benzene rings is 3. The zero-order chi connectivity index (χ0) is 24.7. The summed E-state index contributed by atoms with van der Waals surface area (Å²) in [6.45, 7) is 2.14. The Hall–Kier alpha value is -3.55. The van der Waals surface area contributed by atoms with Crippen molar-refractivity contribution >= 4 is 45.2 Å². The molecule has 0 unspecified atom stereocenters. The number of rotatable bonds is 5. The molecule has 0 fully saturated rings. The molecule has 0 bridgehead atoms. The standard InChI is InChI=1S/C27H19ClFNO4S/c1-2-15-5-10-19(11-6-15)35-25-23(31)22-24(34-27(25)33)20-12-7-17(28)13-21(20)30(26(22)32)14-16-3-8-18(29)9-4-16/h3-13,31H,2,14H2,1H3. The lowest BCUT2D eigenvalue weighted by atomic mass is 10.1. The first-order valence-electron chi connectivity index (χ1n) is 10.9. The van der Waals surface area contributed by atoms with Gasteiger partial charge in [-0.1, -0.05) is 54.6 Å². The lowest BCUT2D eigenvalue weighted by Gasteiger charge is -2.14. The molecule has 0 spiro atoms. The van der Waals surface area contributed by atoms with Gasteiger partial charge in [-0.15, -0.1) is 0 Å². The first-order chi connectivity index (χ1) is 16.9. The Morgan fingerprint density at radius 2 is 1.69 bits per heavy atom. The van der Waals surface area contributed by atoms with E-state index in [2.05, 4.69) is 0 Å². The number of nitrogens with zero attached hydrogens (tertiary/aromatic N) is 1. The van der Waals surface area contributed by atoms with Crippen molar-refractivity contribution in [3.05, 3.63) is 109 Å². The maximum atomic E-state index is 13.7. The molecule has 8 heteroatoms. The van der Waals surface area contributed by atoms with E-state index in [0.29, 0.717) is 21.5 Å². The minimum Gasteiger partial charge on any atom is -0.505 e. The molecule has 0 saturated carbocycles. The predicted molar refractivity (Wildman–Crippen MR) is 136 cm³/mol. The van der Waals surface area contributed by atoms with Crippen LogP contribution >= 0.6 is 23.4 Å². The van der Waals surface area contributed by atoms with Crippen molar-refractivity contribution < 1.29 is 13.9 Å². The lowest BCUT2D eigenvalue weighted by Crippen LogP contribution is -2.23. The third kappa shape index (κ3) is 4.33. The SMILES string of the molecule is CCc1ccc(Sc2c(O)c3c(=O)n(Cc4ccc(F)cc4)c4cc(Cl)ccc4c3oc2=O)cc1. The van der Waals surface area contributed by atoms with Gasteiger partial charge in [0.05, 0.1) is 12.1 Å². The number of hydrogen-bond acceptors (Lipinski definition) is 5. The van der Waals surface area contributed by atoms with Crippen molar-refractivity contribution in [2.45, 2.75) is 29.7 Å². The predicted octanol–water partition coefficient (Wildman–Crippen LogP) is 6.37. The Balaban J connectivity index is 1.75. The molecule has 3 aromatic carbocycles. The maximum absolute atomic E-state index is 13.7. The highest BCUT2D eigenvalue weighted by Gasteiger charge is 2.22. The molecule has 176 valence electrons. The smallest absolute Gasteiger partial charge is 0.354 e. The summed E-state index contributed by atoms with van der Waals surface area (Å²) in [5.74, 6) is -0.823. The lowest BCUT2D eigenvalue weighted by molar-refractivity contribution is 0.446. The molecule has 0 amide bonds. The molecule has 0 saturated heterocycles. The largest absolute Gasteiger partial charge is 0.505 e. The molecule has 0 aliphatic heterocycles. The molecule has 2 heterocycles. The molecule has 5 nitrogen and oxygen atoms in total. The third-order valence-electron chi connectivity index (χ3n) is 5.82. The van der Waals surface area contributed by atoms with E-state index >= 15 is 0 Å². The quantitative estimate of drug-likeness (QED) is 0.280. The van der Waals surface area contributed by atoms with Gasteiger partial charge in [0.2, 0.25) is 0 Å². The molecule has 0 radical (unpaired) electrons. The number of fused-ring (bicyclic) bond motifs is 3. The maximum Gasteiger partial charge on any atom is 0.354 e. The fraction of sp³-hybridized carbons (Fsp3) is 0.111. The third-order valence-corrected chi connectivity index (χ3v) is 7.13. The first kappa shape index (κ1) is 23.2. The van der Waals surface area contributed by atoms with Gasteiger partial charge >= 0.3 is 5.63 Å². The van der Waals surface area contributed by atoms with E-state index in [9.17, 15) is 19.1 Å². The molecule has 2 aromatic heterocycles. The van der Waals surface area contributed by atoms with Gasteiger partial charge in [0.15, 0.2) is 11.3 Å². The Bertz CT molecular complexity index is 1690. The Labute approximate surface area is 208 Å². The van der Waals surface area contributed by atoms with Crippen LogP contribution in [0.3, 0.4) is 0 Å². The summed E-state index contributed by atoms with van der Waals surface area (Å²) < 4.78 is 20.4. The van der Waals surface area contributed by atoms with E-state index < -0.39 is 16.9 Å². The van der Waals surface area contributed by atoms with Crippen LogP contribution in [-0.4, -0.2) is 9.67 Å². The minimum absolute atomic E-state index is 0.00907. The minimum atomic E-state index is -0.744. The zero-order valence-electron chi connectivity index (χ0n) is 18.5. The van der Waals surface area contributed by atoms with E-state index in [1.165, 1.54) is 16.7 Å².